The molecule has 0 radical (unpaired) electrons. The zero-order valence-corrected chi connectivity index (χ0v) is 12.3. The highest BCUT2D eigenvalue weighted by molar-refractivity contribution is 5.81. The lowest BCUT2D eigenvalue weighted by molar-refractivity contribution is -0.131. The van der Waals surface area contributed by atoms with Crippen LogP contribution in [-0.2, 0) is 4.79 Å². The van der Waals surface area contributed by atoms with Crippen LogP contribution in [0.1, 0.15) is 37.4 Å². The Labute approximate surface area is 124 Å². The fourth-order valence-electron chi connectivity index (χ4n) is 3.33. The van der Waals surface area contributed by atoms with Crippen molar-refractivity contribution in [1.82, 2.24) is 10.2 Å². The predicted molar refractivity (Wildman–Crippen MR) is 78.8 cm³/mol. The van der Waals surface area contributed by atoms with E-state index in [0.29, 0.717) is 6.54 Å². The molecule has 5 heteroatoms. The maximum absolute atomic E-state index is 12.2. The number of hydrogen-bond acceptors (Lipinski definition) is 4. The zero-order chi connectivity index (χ0) is 14.8. The van der Waals surface area contributed by atoms with E-state index in [0.717, 1.165) is 37.0 Å². The molecule has 2 fully saturated rings. The van der Waals surface area contributed by atoms with Crippen molar-refractivity contribution in [2.75, 3.05) is 13.7 Å². The summed E-state index contributed by atoms with van der Waals surface area (Å²) in [5.41, 5.74) is 1.08. The van der Waals surface area contributed by atoms with E-state index in [4.69, 9.17) is 4.74 Å². The molecule has 1 aromatic carbocycles. The molecule has 1 heterocycles. The summed E-state index contributed by atoms with van der Waals surface area (Å²) >= 11 is 0. The molecule has 0 aromatic heterocycles. The average molecular weight is 290 g/mol. The van der Waals surface area contributed by atoms with Crippen molar-refractivity contribution < 1.29 is 14.6 Å². The van der Waals surface area contributed by atoms with Gasteiger partial charge in [-0.25, -0.2) is 0 Å². The summed E-state index contributed by atoms with van der Waals surface area (Å²) in [6, 6.07) is 8.06. The number of nitrogens with one attached hydrogen (secondary N) is 1. The summed E-state index contributed by atoms with van der Waals surface area (Å²) in [5, 5.41) is 12.9. The minimum absolute atomic E-state index is 0.0661. The molecule has 21 heavy (non-hydrogen) atoms. The Morgan fingerprint density at radius 2 is 1.86 bits per heavy atom. The van der Waals surface area contributed by atoms with Crippen molar-refractivity contribution >= 4 is 5.91 Å². The lowest BCUT2D eigenvalue weighted by Gasteiger charge is -2.36. The molecule has 1 unspecified atom stereocenters. The molecule has 114 valence electrons. The molecule has 1 atom stereocenters. The lowest BCUT2D eigenvalue weighted by Crippen LogP contribution is -2.42. The van der Waals surface area contributed by atoms with Gasteiger partial charge in [0.05, 0.1) is 19.8 Å². The topological polar surface area (TPSA) is 61.8 Å². The van der Waals surface area contributed by atoms with Crippen molar-refractivity contribution in [1.29, 1.82) is 0 Å². The minimum atomic E-state index is -0.202. The first-order valence-electron chi connectivity index (χ1n) is 7.55. The molecule has 1 aliphatic heterocycles. The Balaban J connectivity index is 1.78. The van der Waals surface area contributed by atoms with Gasteiger partial charge in [0.1, 0.15) is 11.9 Å². The molecular formula is C16H22N2O3. The van der Waals surface area contributed by atoms with Crippen LogP contribution in [-0.4, -0.2) is 41.7 Å². The van der Waals surface area contributed by atoms with Gasteiger partial charge in [0.15, 0.2) is 0 Å². The van der Waals surface area contributed by atoms with Crippen molar-refractivity contribution in [3.8, 4) is 5.75 Å². The van der Waals surface area contributed by atoms with Crippen LogP contribution in [0, 0.1) is 0 Å². The van der Waals surface area contributed by atoms with Crippen LogP contribution in [0.2, 0.25) is 0 Å². The second-order valence-electron chi connectivity index (χ2n) is 5.82. The Bertz CT molecular complexity index is 495. The highest BCUT2D eigenvalue weighted by Crippen LogP contribution is 2.32. The first-order valence-corrected chi connectivity index (χ1v) is 7.55. The van der Waals surface area contributed by atoms with Gasteiger partial charge in [0.2, 0.25) is 5.91 Å². The third-order valence-electron chi connectivity index (χ3n) is 4.50. The fraction of sp³-hybridized carbons (Fsp3) is 0.562. The van der Waals surface area contributed by atoms with Crippen LogP contribution >= 0.6 is 0 Å². The minimum Gasteiger partial charge on any atom is -0.497 e. The zero-order valence-electron chi connectivity index (χ0n) is 12.3. The standard InChI is InChI=1S/C16H22N2O3/c1-21-14-8-2-11(3-9-14)16-17-10-15(20)18(16)12-4-6-13(19)7-5-12/h2-3,8-9,12-13,16-17,19H,4-7,10H2,1H3. The molecule has 0 spiro atoms. The number of ether oxygens (including phenoxy) is 1. The van der Waals surface area contributed by atoms with Crippen molar-refractivity contribution in [2.24, 2.45) is 0 Å². The van der Waals surface area contributed by atoms with Gasteiger partial charge < -0.3 is 14.7 Å². The average Bonchev–Trinajstić information content (AvgIpc) is 2.90. The summed E-state index contributed by atoms with van der Waals surface area (Å²) in [5.74, 6) is 0.965. The van der Waals surface area contributed by atoms with Gasteiger partial charge in [-0.1, -0.05) is 12.1 Å². The van der Waals surface area contributed by atoms with Crippen LogP contribution < -0.4 is 10.1 Å². The number of hydrogen-bond donors (Lipinski definition) is 2. The number of aliphatic hydroxyl groups excluding tert-OH is 1. The molecule has 3 rings (SSSR count). The molecule has 2 N–H and O–H groups in total. The van der Waals surface area contributed by atoms with Gasteiger partial charge in [-0.05, 0) is 43.4 Å². The van der Waals surface area contributed by atoms with Crippen LogP contribution in [0.4, 0.5) is 0 Å². The number of carbonyl (C=O) groups excluding carboxylic acids is 1. The highest BCUT2D eigenvalue weighted by atomic mass is 16.5. The summed E-state index contributed by atoms with van der Waals surface area (Å²) in [6.45, 7) is 0.385. The van der Waals surface area contributed by atoms with E-state index in [2.05, 4.69) is 5.32 Å². The Morgan fingerprint density at radius 3 is 2.48 bits per heavy atom. The van der Waals surface area contributed by atoms with Gasteiger partial charge in [0.25, 0.3) is 0 Å². The molecule has 0 bridgehead atoms. The normalized spacial score (nSPS) is 29.7. The first-order chi connectivity index (χ1) is 10.2. The van der Waals surface area contributed by atoms with E-state index in [1.54, 1.807) is 7.11 Å². The summed E-state index contributed by atoms with van der Waals surface area (Å²) in [4.78, 5) is 14.2. The van der Waals surface area contributed by atoms with E-state index in [1.165, 1.54) is 0 Å². The largest absolute Gasteiger partial charge is 0.497 e. The smallest absolute Gasteiger partial charge is 0.238 e. The second kappa shape index (κ2) is 6.03. The Kier molecular flexibility index (Phi) is 4.12. The number of carbonyl (C=O) groups is 1. The lowest BCUT2D eigenvalue weighted by atomic mass is 9.91. The van der Waals surface area contributed by atoms with E-state index >= 15 is 0 Å². The molecule has 1 amide bonds. The Morgan fingerprint density at radius 1 is 1.19 bits per heavy atom. The number of nitrogens with zero attached hydrogens (tertiary/aromatic N) is 1. The predicted octanol–water partition coefficient (Wildman–Crippen LogP) is 1.43. The molecule has 1 aromatic rings. The first kappa shape index (κ1) is 14.4. The summed E-state index contributed by atoms with van der Waals surface area (Å²) < 4.78 is 5.18. The number of aliphatic hydroxyl groups is 1. The third-order valence-corrected chi connectivity index (χ3v) is 4.50. The molecular weight excluding hydrogens is 268 g/mol. The van der Waals surface area contributed by atoms with E-state index in [9.17, 15) is 9.90 Å². The van der Waals surface area contributed by atoms with E-state index in [1.807, 2.05) is 29.2 Å². The maximum atomic E-state index is 12.2. The monoisotopic (exact) mass is 290 g/mol. The number of amides is 1. The number of rotatable bonds is 3. The third kappa shape index (κ3) is 2.89. The maximum Gasteiger partial charge on any atom is 0.238 e. The fourth-order valence-corrected chi connectivity index (χ4v) is 3.33. The van der Waals surface area contributed by atoms with Crippen LogP contribution in [0.25, 0.3) is 0 Å². The Hall–Kier alpha value is -1.59. The van der Waals surface area contributed by atoms with Crippen molar-refractivity contribution in [3.63, 3.8) is 0 Å². The van der Waals surface area contributed by atoms with Crippen LogP contribution in [0.5, 0.6) is 5.75 Å². The van der Waals surface area contributed by atoms with Gasteiger partial charge in [0, 0.05) is 6.04 Å². The van der Waals surface area contributed by atoms with E-state index < -0.39 is 0 Å². The van der Waals surface area contributed by atoms with Crippen LogP contribution in [0.3, 0.4) is 0 Å². The number of benzene rings is 1. The van der Waals surface area contributed by atoms with Crippen LogP contribution in [0.15, 0.2) is 24.3 Å². The van der Waals surface area contributed by atoms with Gasteiger partial charge in [-0.3, -0.25) is 10.1 Å². The summed E-state index contributed by atoms with van der Waals surface area (Å²) in [6.07, 6.45) is 3.05. The highest BCUT2D eigenvalue weighted by Gasteiger charge is 2.38. The van der Waals surface area contributed by atoms with Gasteiger partial charge >= 0.3 is 0 Å². The summed E-state index contributed by atoms with van der Waals surface area (Å²) in [7, 11) is 1.64. The molecule has 5 nitrogen and oxygen atoms in total. The molecule has 1 saturated carbocycles. The molecule has 1 saturated heterocycles. The second-order valence-corrected chi connectivity index (χ2v) is 5.82. The quantitative estimate of drug-likeness (QED) is 0.884. The SMILES string of the molecule is COc1ccc(C2NCC(=O)N2C2CCC(O)CC2)cc1. The van der Waals surface area contributed by atoms with Crippen molar-refractivity contribution in [3.05, 3.63) is 29.8 Å². The van der Waals surface area contributed by atoms with Gasteiger partial charge in [-0.2, -0.15) is 0 Å². The van der Waals surface area contributed by atoms with Gasteiger partial charge in [-0.15, -0.1) is 0 Å². The molecule has 2 aliphatic rings. The number of methoxy groups -OCH3 is 1. The van der Waals surface area contributed by atoms with E-state index in [-0.39, 0.29) is 24.2 Å². The molecule has 1 aliphatic carbocycles. The van der Waals surface area contributed by atoms with Crippen molar-refractivity contribution in [2.45, 2.75) is 44.0 Å².